The van der Waals surface area contributed by atoms with E-state index in [0.29, 0.717) is 0 Å². The van der Waals surface area contributed by atoms with E-state index in [1.807, 2.05) is 0 Å². The van der Waals surface area contributed by atoms with Gasteiger partial charge in [-0.25, -0.2) is 17.6 Å². The predicted molar refractivity (Wildman–Crippen MR) is 64.1 cm³/mol. The van der Waals surface area contributed by atoms with Crippen molar-refractivity contribution in [2.24, 2.45) is 0 Å². The number of carbonyl (C=O) groups is 1. The van der Waals surface area contributed by atoms with Crippen molar-refractivity contribution < 1.29 is 22.4 Å². The molecule has 1 saturated heterocycles. The van der Waals surface area contributed by atoms with Crippen LogP contribution < -0.4 is 0 Å². The van der Waals surface area contributed by atoms with Crippen molar-refractivity contribution in [3.8, 4) is 0 Å². The van der Waals surface area contributed by atoms with E-state index < -0.39 is 36.3 Å². The van der Waals surface area contributed by atoms with Gasteiger partial charge < -0.3 is 4.90 Å². The molecule has 1 heterocycles. The molecule has 2 rings (SSSR count). The van der Waals surface area contributed by atoms with E-state index >= 15 is 0 Å². The van der Waals surface area contributed by atoms with Crippen molar-refractivity contribution in [1.82, 2.24) is 4.90 Å². The zero-order valence-electron chi connectivity index (χ0n) is 9.73. The number of hydrogen-bond donors (Lipinski definition) is 0. The average Bonchev–Trinajstić information content (AvgIpc) is 2.33. The van der Waals surface area contributed by atoms with E-state index in [9.17, 15) is 22.4 Å². The first-order valence-corrected chi connectivity index (χ1v) is 6.41. The summed E-state index contributed by atoms with van der Waals surface area (Å²) in [6.07, 6.45) is -0.833. The lowest BCUT2D eigenvalue weighted by atomic mass is 10.1. The number of likely N-dealkylation sites (tertiary alicyclic amines) is 1. The molecule has 0 N–H and O–H groups in total. The number of amides is 1. The van der Waals surface area contributed by atoms with Crippen LogP contribution in [0.4, 0.5) is 17.6 Å². The predicted octanol–water partition coefficient (Wildman–Crippen LogP) is 3.60. The van der Waals surface area contributed by atoms with Crippen LogP contribution in [-0.2, 0) is 0 Å². The fraction of sp³-hybridized carbons (Fsp3) is 0.417. The van der Waals surface area contributed by atoms with Gasteiger partial charge in [0.25, 0.3) is 11.8 Å². The third-order valence-electron chi connectivity index (χ3n) is 3.02. The number of carbonyl (C=O) groups excluding carboxylic acids is 1. The maximum absolute atomic E-state index is 13.1. The molecule has 0 atom stereocenters. The number of benzene rings is 1. The van der Waals surface area contributed by atoms with Gasteiger partial charge >= 0.3 is 0 Å². The highest BCUT2D eigenvalue weighted by Crippen LogP contribution is 2.29. The third-order valence-corrected chi connectivity index (χ3v) is 3.68. The van der Waals surface area contributed by atoms with Crippen molar-refractivity contribution in [3.63, 3.8) is 0 Å². The smallest absolute Gasteiger partial charge is 0.255 e. The second-order valence-electron chi connectivity index (χ2n) is 4.39. The highest BCUT2D eigenvalue weighted by Gasteiger charge is 2.36. The van der Waals surface area contributed by atoms with E-state index in [0.717, 1.165) is 12.1 Å². The number of hydrogen-bond acceptors (Lipinski definition) is 1. The van der Waals surface area contributed by atoms with Crippen LogP contribution in [0.2, 0.25) is 0 Å². The van der Waals surface area contributed by atoms with E-state index in [2.05, 4.69) is 15.9 Å². The highest BCUT2D eigenvalue weighted by atomic mass is 79.9. The summed E-state index contributed by atoms with van der Waals surface area (Å²) >= 11 is 2.97. The van der Waals surface area contributed by atoms with Crippen molar-refractivity contribution in [3.05, 3.63) is 33.8 Å². The van der Waals surface area contributed by atoms with Crippen molar-refractivity contribution in [2.75, 3.05) is 13.1 Å². The van der Waals surface area contributed by atoms with E-state index in [4.69, 9.17) is 0 Å². The molecule has 1 amide bonds. The Morgan fingerprint density at radius 3 is 2.26 bits per heavy atom. The molecule has 1 aliphatic heterocycles. The molecule has 1 aliphatic rings. The molecule has 0 saturated carbocycles. The molecule has 1 aromatic carbocycles. The van der Waals surface area contributed by atoms with Crippen LogP contribution in [0.15, 0.2) is 16.6 Å². The SMILES string of the molecule is O=C(c1cc(F)c(F)cc1Br)N1CCC(F)(F)CC1. The van der Waals surface area contributed by atoms with Crippen molar-refractivity contribution in [1.29, 1.82) is 0 Å². The topological polar surface area (TPSA) is 20.3 Å². The first kappa shape index (κ1) is 14.3. The fourth-order valence-corrected chi connectivity index (χ4v) is 2.38. The van der Waals surface area contributed by atoms with Crippen LogP contribution in [0.5, 0.6) is 0 Å². The minimum absolute atomic E-state index is 0.0656. The molecule has 0 bridgehead atoms. The number of alkyl halides is 2. The van der Waals surface area contributed by atoms with Crippen LogP contribution in [0.3, 0.4) is 0 Å². The molecule has 104 valence electrons. The molecule has 2 nitrogen and oxygen atoms in total. The lowest BCUT2D eigenvalue weighted by Gasteiger charge is -2.32. The molecule has 7 heteroatoms. The Kier molecular flexibility index (Phi) is 3.85. The largest absolute Gasteiger partial charge is 0.338 e. The summed E-state index contributed by atoms with van der Waals surface area (Å²) in [5.74, 6) is -5.56. The summed E-state index contributed by atoms with van der Waals surface area (Å²) in [4.78, 5) is 13.3. The van der Waals surface area contributed by atoms with Crippen LogP contribution in [0, 0.1) is 11.6 Å². The second-order valence-corrected chi connectivity index (χ2v) is 5.25. The summed E-state index contributed by atoms with van der Waals surface area (Å²) in [5.41, 5.74) is -0.0656. The molecule has 19 heavy (non-hydrogen) atoms. The maximum atomic E-state index is 13.1. The second kappa shape index (κ2) is 5.11. The molecular weight excluding hydrogens is 330 g/mol. The summed E-state index contributed by atoms with van der Waals surface area (Å²) in [7, 11) is 0. The third kappa shape index (κ3) is 3.08. The Morgan fingerprint density at radius 2 is 1.68 bits per heavy atom. The number of piperidine rings is 1. The molecule has 0 unspecified atom stereocenters. The zero-order chi connectivity index (χ0) is 14.2. The first-order chi connectivity index (χ1) is 8.80. The monoisotopic (exact) mass is 339 g/mol. The highest BCUT2D eigenvalue weighted by molar-refractivity contribution is 9.10. The number of rotatable bonds is 1. The Morgan fingerprint density at radius 1 is 1.16 bits per heavy atom. The van der Waals surface area contributed by atoms with E-state index in [1.165, 1.54) is 4.90 Å². The first-order valence-electron chi connectivity index (χ1n) is 5.62. The Labute approximate surface area is 115 Å². The van der Waals surface area contributed by atoms with Crippen molar-refractivity contribution in [2.45, 2.75) is 18.8 Å². The van der Waals surface area contributed by atoms with Gasteiger partial charge in [-0.3, -0.25) is 4.79 Å². The fourth-order valence-electron chi connectivity index (χ4n) is 1.89. The normalized spacial score (nSPS) is 18.5. The van der Waals surface area contributed by atoms with Gasteiger partial charge in [-0.05, 0) is 28.1 Å². The lowest BCUT2D eigenvalue weighted by molar-refractivity contribution is -0.0494. The Balaban J connectivity index is 2.19. The molecule has 0 radical (unpaired) electrons. The quantitative estimate of drug-likeness (QED) is 0.565. The van der Waals surface area contributed by atoms with Gasteiger partial charge in [-0.2, -0.15) is 0 Å². The summed E-state index contributed by atoms with van der Waals surface area (Å²) in [5, 5.41) is 0. The maximum Gasteiger partial charge on any atom is 0.255 e. The Hall–Kier alpha value is -1.11. The lowest BCUT2D eigenvalue weighted by Crippen LogP contribution is -2.42. The van der Waals surface area contributed by atoms with Crippen LogP contribution in [0.25, 0.3) is 0 Å². The molecule has 0 spiro atoms. The van der Waals surface area contributed by atoms with Crippen LogP contribution >= 0.6 is 15.9 Å². The zero-order valence-corrected chi connectivity index (χ0v) is 11.3. The summed E-state index contributed by atoms with van der Waals surface area (Å²) < 4.78 is 52.1. The van der Waals surface area contributed by atoms with Gasteiger partial charge in [0, 0.05) is 30.4 Å². The minimum Gasteiger partial charge on any atom is -0.338 e. The van der Waals surface area contributed by atoms with E-state index in [-0.39, 0.29) is 23.1 Å². The number of nitrogens with zero attached hydrogens (tertiary/aromatic N) is 1. The van der Waals surface area contributed by atoms with Gasteiger partial charge in [0.15, 0.2) is 11.6 Å². The van der Waals surface area contributed by atoms with Crippen LogP contribution in [0.1, 0.15) is 23.2 Å². The summed E-state index contributed by atoms with van der Waals surface area (Å²) in [6.45, 7) is -0.200. The molecule has 1 fully saturated rings. The Bertz CT molecular complexity index is 511. The van der Waals surface area contributed by atoms with Gasteiger partial charge in [0.1, 0.15) is 0 Å². The molecule has 0 aliphatic carbocycles. The number of halogens is 5. The molecular formula is C12H10BrF4NO. The van der Waals surface area contributed by atoms with Gasteiger partial charge in [-0.1, -0.05) is 0 Å². The molecule has 0 aromatic heterocycles. The van der Waals surface area contributed by atoms with Gasteiger partial charge in [0.05, 0.1) is 5.56 Å². The summed E-state index contributed by atoms with van der Waals surface area (Å²) in [6, 6.07) is 1.62. The standard InChI is InChI=1S/C12H10BrF4NO/c13-8-6-10(15)9(14)5-7(8)11(19)18-3-1-12(16,17)2-4-18/h5-6H,1-4H2. The van der Waals surface area contributed by atoms with Crippen molar-refractivity contribution >= 4 is 21.8 Å². The average molecular weight is 340 g/mol. The molecule has 1 aromatic rings. The van der Waals surface area contributed by atoms with E-state index in [1.54, 1.807) is 0 Å². The van der Waals surface area contributed by atoms with Crippen LogP contribution in [-0.4, -0.2) is 29.8 Å². The minimum atomic E-state index is -2.76. The van der Waals surface area contributed by atoms with Gasteiger partial charge in [-0.15, -0.1) is 0 Å². The van der Waals surface area contributed by atoms with Gasteiger partial charge in [0.2, 0.25) is 0 Å².